The zero-order valence-corrected chi connectivity index (χ0v) is 14.9. The molecule has 0 aliphatic rings. The monoisotopic (exact) mass is 351 g/mol. The van der Waals surface area contributed by atoms with Crippen LogP contribution in [0.25, 0.3) is 0 Å². The third-order valence-electron chi connectivity index (χ3n) is 3.76. The highest BCUT2D eigenvalue weighted by atomic mass is 32.2. The molecular weight excluding hydrogens is 330 g/mol. The molecule has 1 aromatic carbocycles. The van der Waals surface area contributed by atoms with Crippen molar-refractivity contribution in [3.63, 3.8) is 0 Å². The number of benzene rings is 1. The van der Waals surface area contributed by atoms with Gasteiger partial charge in [-0.05, 0) is 19.4 Å². The van der Waals surface area contributed by atoms with Gasteiger partial charge in [-0.1, -0.05) is 30.3 Å². The van der Waals surface area contributed by atoms with Gasteiger partial charge in [0.05, 0.1) is 0 Å². The fourth-order valence-electron chi connectivity index (χ4n) is 2.39. The first-order valence-electron chi connectivity index (χ1n) is 7.48. The van der Waals surface area contributed by atoms with Crippen molar-refractivity contribution in [1.29, 1.82) is 0 Å². The summed E-state index contributed by atoms with van der Waals surface area (Å²) in [5.41, 5.74) is -0.577. The molecule has 0 bridgehead atoms. The molecule has 2 aromatic rings. The minimum absolute atomic E-state index is 0.146. The van der Waals surface area contributed by atoms with Crippen molar-refractivity contribution in [3.8, 4) is 0 Å². The van der Waals surface area contributed by atoms with Gasteiger partial charge in [0.15, 0.2) is 4.90 Å². The van der Waals surface area contributed by atoms with Gasteiger partial charge in [-0.25, -0.2) is 13.2 Å². The molecule has 0 aliphatic heterocycles. The van der Waals surface area contributed by atoms with Crippen molar-refractivity contribution in [2.45, 2.75) is 31.3 Å². The molecule has 0 fully saturated rings. The molecule has 0 atom stereocenters. The maximum absolute atomic E-state index is 13.0. The lowest BCUT2D eigenvalue weighted by atomic mass is 10.2. The fourth-order valence-corrected chi connectivity index (χ4v) is 4.16. The summed E-state index contributed by atoms with van der Waals surface area (Å²) in [6.45, 7) is 3.63. The summed E-state index contributed by atoms with van der Waals surface area (Å²) in [6.07, 6.45) is 1.08. The maximum atomic E-state index is 13.0. The smallest absolute Gasteiger partial charge is 0.302 e. The Morgan fingerprint density at radius 3 is 2.21 bits per heavy atom. The Hall–Kier alpha value is -2.19. The van der Waals surface area contributed by atoms with Gasteiger partial charge < -0.3 is 4.57 Å². The van der Waals surface area contributed by atoms with E-state index in [-0.39, 0.29) is 12.6 Å². The highest BCUT2D eigenvalue weighted by Crippen LogP contribution is 2.18. The van der Waals surface area contributed by atoms with E-state index in [1.807, 2.05) is 30.3 Å². The summed E-state index contributed by atoms with van der Waals surface area (Å²) >= 11 is 0. The van der Waals surface area contributed by atoms with Crippen LogP contribution in [-0.2, 0) is 30.7 Å². The van der Waals surface area contributed by atoms with Gasteiger partial charge in [-0.2, -0.15) is 4.31 Å². The van der Waals surface area contributed by atoms with Crippen molar-refractivity contribution < 1.29 is 8.42 Å². The number of nitrogens with zero attached hydrogens (tertiary/aromatic N) is 3. The van der Waals surface area contributed by atoms with Gasteiger partial charge in [-0.15, -0.1) is 0 Å². The van der Waals surface area contributed by atoms with Crippen molar-refractivity contribution in [1.82, 2.24) is 13.4 Å². The predicted molar refractivity (Wildman–Crippen MR) is 91.2 cm³/mol. The first-order valence-corrected chi connectivity index (χ1v) is 8.92. The zero-order chi connectivity index (χ0) is 18.1. The molecule has 2 rings (SSSR count). The molecular formula is C16H21N3O4S. The van der Waals surface area contributed by atoms with E-state index in [1.54, 1.807) is 13.8 Å². The van der Waals surface area contributed by atoms with Crippen LogP contribution in [-0.4, -0.2) is 27.9 Å². The van der Waals surface area contributed by atoms with E-state index in [4.69, 9.17) is 0 Å². The lowest BCUT2D eigenvalue weighted by Gasteiger charge is -2.26. The molecule has 7 nitrogen and oxygen atoms in total. The topological polar surface area (TPSA) is 81.4 Å². The Morgan fingerprint density at radius 1 is 1.08 bits per heavy atom. The first kappa shape index (κ1) is 18.2. The molecule has 24 heavy (non-hydrogen) atoms. The molecule has 0 radical (unpaired) electrons. The lowest BCUT2D eigenvalue weighted by Crippen LogP contribution is -2.44. The molecule has 0 saturated heterocycles. The van der Waals surface area contributed by atoms with E-state index in [0.717, 1.165) is 20.9 Å². The summed E-state index contributed by atoms with van der Waals surface area (Å²) in [7, 11) is -1.37. The van der Waals surface area contributed by atoms with Crippen LogP contribution in [0, 0.1) is 0 Å². The Morgan fingerprint density at radius 2 is 1.67 bits per heavy atom. The Balaban J connectivity index is 2.58. The molecule has 0 saturated carbocycles. The van der Waals surface area contributed by atoms with E-state index in [1.165, 1.54) is 18.4 Å². The molecule has 0 aliphatic carbocycles. The summed E-state index contributed by atoms with van der Waals surface area (Å²) in [5.74, 6) is 0. The molecule has 0 amide bonds. The zero-order valence-electron chi connectivity index (χ0n) is 14.1. The Kier molecular flexibility index (Phi) is 5.10. The molecule has 1 heterocycles. The number of aryl methyl sites for hydroxylation is 1. The number of aromatic nitrogens is 2. The molecule has 8 heteroatoms. The van der Waals surface area contributed by atoms with Crippen molar-refractivity contribution >= 4 is 10.0 Å². The number of hydrogen-bond donors (Lipinski definition) is 0. The average molecular weight is 351 g/mol. The maximum Gasteiger partial charge on any atom is 0.330 e. The van der Waals surface area contributed by atoms with E-state index in [2.05, 4.69) is 0 Å². The predicted octanol–water partition coefficient (Wildman–Crippen LogP) is 0.683. The van der Waals surface area contributed by atoms with E-state index >= 15 is 0 Å². The Labute approximate surface area is 140 Å². The molecule has 0 spiro atoms. The first-order chi connectivity index (χ1) is 11.2. The van der Waals surface area contributed by atoms with Gasteiger partial charge in [0.2, 0.25) is 0 Å². The van der Waals surface area contributed by atoms with Crippen LogP contribution in [0.3, 0.4) is 0 Å². The summed E-state index contributed by atoms with van der Waals surface area (Å²) in [4.78, 5) is 23.7. The standard InChI is InChI=1S/C16H21N3O4S/c1-12(2)19(10-13-8-6-5-7-9-13)24(22,23)14-11-17(3)16(21)18(4)15(14)20/h5-9,11-12H,10H2,1-4H3. The normalized spacial score (nSPS) is 12.1. The minimum atomic E-state index is -4.05. The second kappa shape index (κ2) is 6.74. The van der Waals surface area contributed by atoms with Gasteiger partial charge >= 0.3 is 5.69 Å². The van der Waals surface area contributed by atoms with Gasteiger partial charge in [0.1, 0.15) is 0 Å². The fraction of sp³-hybridized carbons (Fsp3) is 0.375. The summed E-state index contributed by atoms with van der Waals surface area (Å²) in [6, 6.07) is 8.79. The second-order valence-corrected chi connectivity index (χ2v) is 7.74. The number of sulfonamides is 1. The van der Waals surface area contributed by atoms with Crippen LogP contribution in [0.4, 0.5) is 0 Å². The van der Waals surface area contributed by atoms with Crippen LogP contribution < -0.4 is 11.2 Å². The summed E-state index contributed by atoms with van der Waals surface area (Å²) in [5, 5.41) is 0. The van der Waals surface area contributed by atoms with E-state index in [0.29, 0.717) is 0 Å². The van der Waals surface area contributed by atoms with Crippen LogP contribution in [0.15, 0.2) is 51.0 Å². The lowest BCUT2D eigenvalue weighted by molar-refractivity contribution is 0.346. The van der Waals surface area contributed by atoms with Crippen LogP contribution in [0.2, 0.25) is 0 Å². The summed E-state index contributed by atoms with van der Waals surface area (Å²) < 4.78 is 29.2. The molecule has 0 N–H and O–H groups in total. The van der Waals surface area contributed by atoms with Gasteiger partial charge in [0.25, 0.3) is 15.6 Å². The molecule has 1 aromatic heterocycles. The number of hydrogen-bond acceptors (Lipinski definition) is 4. The van der Waals surface area contributed by atoms with Crippen LogP contribution in [0.1, 0.15) is 19.4 Å². The third-order valence-corrected chi connectivity index (χ3v) is 5.76. The number of rotatable bonds is 5. The van der Waals surface area contributed by atoms with E-state index < -0.39 is 26.2 Å². The highest BCUT2D eigenvalue weighted by Gasteiger charge is 2.31. The van der Waals surface area contributed by atoms with Gasteiger partial charge in [0, 0.05) is 32.9 Å². The minimum Gasteiger partial charge on any atom is -0.302 e. The van der Waals surface area contributed by atoms with Crippen molar-refractivity contribution in [2.24, 2.45) is 14.1 Å². The van der Waals surface area contributed by atoms with E-state index in [9.17, 15) is 18.0 Å². The Bertz CT molecular complexity index is 944. The van der Waals surface area contributed by atoms with Crippen LogP contribution in [0.5, 0.6) is 0 Å². The SMILES string of the molecule is CC(C)N(Cc1ccccc1)S(=O)(=O)c1cn(C)c(=O)n(C)c1=O. The van der Waals surface area contributed by atoms with Crippen LogP contribution >= 0.6 is 0 Å². The van der Waals surface area contributed by atoms with Crippen molar-refractivity contribution in [3.05, 3.63) is 62.9 Å². The molecule has 130 valence electrons. The molecule has 0 unspecified atom stereocenters. The third kappa shape index (κ3) is 3.34. The average Bonchev–Trinajstić information content (AvgIpc) is 2.54. The van der Waals surface area contributed by atoms with Gasteiger partial charge in [-0.3, -0.25) is 9.36 Å². The second-order valence-electron chi connectivity index (χ2n) is 5.88. The largest absolute Gasteiger partial charge is 0.330 e. The van der Waals surface area contributed by atoms with Crippen molar-refractivity contribution in [2.75, 3.05) is 0 Å². The quantitative estimate of drug-likeness (QED) is 0.793. The highest BCUT2D eigenvalue weighted by molar-refractivity contribution is 7.89.